The molecule has 0 N–H and O–H groups in total. The maximum atomic E-state index is 3.58. The summed E-state index contributed by atoms with van der Waals surface area (Å²) in [6.07, 6.45) is 1.26. The third kappa shape index (κ3) is 4.25. The number of hydrogen-bond donors (Lipinski definition) is 0. The van der Waals surface area contributed by atoms with E-state index in [1.807, 2.05) is 11.3 Å². The Labute approximate surface area is 106 Å². The van der Waals surface area contributed by atoms with Crippen molar-refractivity contribution < 1.29 is 0 Å². The molecule has 1 aromatic rings. The van der Waals surface area contributed by atoms with E-state index in [1.165, 1.54) is 15.8 Å². The SMILES string of the molecule is CC(C)CC(C)N(C)Cc1sccc1Br. The Morgan fingerprint density at radius 2 is 2.07 bits per heavy atom. The summed E-state index contributed by atoms with van der Waals surface area (Å²) in [5, 5.41) is 2.14. The summed E-state index contributed by atoms with van der Waals surface area (Å²) in [6, 6.07) is 2.78. The average molecular weight is 290 g/mol. The van der Waals surface area contributed by atoms with Crippen LogP contribution >= 0.6 is 27.3 Å². The van der Waals surface area contributed by atoms with Crippen molar-refractivity contribution in [2.45, 2.75) is 39.8 Å². The number of hydrogen-bond acceptors (Lipinski definition) is 2. The molecule has 0 aliphatic heterocycles. The smallest absolute Gasteiger partial charge is 0.0339 e. The van der Waals surface area contributed by atoms with Crippen LogP contribution in [0.3, 0.4) is 0 Å². The van der Waals surface area contributed by atoms with Gasteiger partial charge >= 0.3 is 0 Å². The van der Waals surface area contributed by atoms with Crippen molar-refractivity contribution in [1.82, 2.24) is 4.90 Å². The number of thiophene rings is 1. The molecule has 1 atom stereocenters. The Morgan fingerprint density at radius 3 is 2.53 bits per heavy atom. The summed E-state index contributed by atoms with van der Waals surface area (Å²) in [7, 11) is 2.21. The molecule has 0 saturated heterocycles. The second-order valence-corrected chi connectivity index (χ2v) is 6.44. The molecular formula is C12H20BrNS. The molecule has 0 amide bonds. The van der Waals surface area contributed by atoms with Gasteiger partial charge < -0.3 is 0 Å². The van der Waals surface area contributed by atoms with E-state index in [0.29, 0.717) is 6.04 Å². The second-order valence-electron chi connectivity index (χ2n) is 4.59. The zero-order chi connectivity index (χ0) is 11.4. The van der Waals surface area contributed by atoms with Gasteiger partial charge in [-0.25, -0.2) is 0 Å². The van der Waals surface area contributed by atoms with Gasteiger partial charge in [-0.05, 0) is 53.7 Å². The molecule has 0 radical (unpaired) electrons. The van der Waals surface area contributed by atoms with E-state index in [-0.39, 0.29) is 0 Å². The van der Waals surface area contributed by atoms with Crippen molar-refractivity contribution in [2.75, 3.05) is 7.05 Å². The van der Waals surface area contributed by atoms with E-state index in [9.17, 15) is 0 Å². The Balaban J connectivity index is 2.48. The van der Waals surface area contributed by atoms with Gasteiger partial charge in [0.1, 0.15) is 0 Å². The van der Waals surface area contributed by atoms with E-state index in [2.05, 4.69) is 60.1 Å². The molecule has 1 unspecified atom stereocenters. The summed E-state index contributed by atoms with van der Waals surface area (Å²) in [5.74, 6) is 0.772. The van der Waals surface area contributed by atoms with Crippen LogP contribution in [0.1, 0.15) is 32.1 Å². The summed E-state index contributed by atoms with van der Waals surface area (Å²) in [6.45, 7) is 7.92. The molecule has 0 aromatic carbocycles. The molecule has 1 heterocycles. The first-order chi connectivity index (χ1) is 7.00. The third-order valence-corrected chi connectivity index (χ3v) is 4.56. The molecule has 0 fully saturated rings. The van der Waals surface area contributed by atoms with Gasteiger partial charge in [0.2, 0.25) is 0 Å². The molecule has 0 spiro atoms. The van der Waals surface area contributed by atoms with Crippen molar-refractivity contribution in [3.63, 3.8) is 0 Å². The lowest BCUT2D eigenvalue weighted by Gasteiger charge is -2.25. The van der Waals surface area contributed by atoms with Crippen LogP contribution in [0.5, 0.6) is 0 Å². The summed E-state index contributed by atoms with van der Waals surface area (Å²) in [5.41, 5.74) is 0. The Kier molecular flexibility index (Phi) is 5.30. The van der Waals surface area contributed by atoms with Gasteiger partial charge in [-0.1, -0.05) is 13.8 Å². The predicted molar refractivity (Wildman–Crippen MR) is 72.4 cm³/mol. The molecule has 0 bridgehead atoms. The Hall–Kier alpha value is 0.140. The fourth-order valence-corrected chi connectivity index (χ4v) is 3.22. The van der Waals surface area contributed by atoms with Gasteiger partial charge in [0.15, 0.2) is 0 Å². The van der Waals surface area contributed by atoms with Crippen molar-refractivity contribution >= 4 is 27.3 Å². The maximum absolute atomic E-state index is 3.58. The zero-order valence-electron chi connectivity index (χ0n) is 9.96. The van der Waals surface area contributed by atoms with Gasteiger partial charge in [-0.2, -0.15) is 0 Å². The van der Waals surface area contributed by atoms with Gasteiger partial charge in [0, 0.05) is 21.9 Å². The lowest BCUT2D eigenvalue weighted by Crippen LogP contribution is -2.29. The zero-order valence-corrected chi connectivity index (χ0v) is 12.4. The van der Waals surface area contributed by atoms with E-state index in [0.717, 1.165) is 12.5 Å². The number of halogens is 1. The first kappa shape index (κ1) is 13.2. The minimum atomic E-state index is 0.652. The molecule has 1 nitrogen and oxygen atoms in total. The monoisotopic (exact) mass is 289 g/mol. The summed E-state index contributed by atoms with van der Waals surface area (Å²) >= 11 is 5.40. The molecule has 1 rings (SSSR count). The molecular weight excluding hydrogens is 270 g/mol. The van der Waals surface area contributed by atoms with Crippen LogP contribution in [0.25, 0.3) is 0 Å². The standard InChI is InChI=1S/C12H20BrNS/c1-9(2)7-10(3)14(4)8-12-11(13)5-6-15-12/h5-6,9-10H,7-8H2,1-4H3. The Bertz CT molecular complexity index is 296. The van der Waals surface area contributed by atoms with Crippen LogP contribution in [0, 0.1) is 5.92 Å². The Morgan fingerprint density at radius 1 is 1.40 bits per heavy atom. The summed E-state index contributed by atoms with van der Waals surface area (Å²) < 4.78 is 1.25. The number of nitrogens with zero attached hydrogens (tertiary/aromatic N) is 1. The van der Waals surface area contributed by atoms with Gasteiger partial charge in [0.25, 0.3) is 0 Å². The minimum absolute atomic E-state index is 0.652. The first-order valence-corrected chi connectivity index (χ1v) is 7.10. The molecule has 3 heteroatoms. The van der Waals surface area contributed by atoms with Crippen molar-refractivity contribution in [3.05, 3.63) is 20.8 Å². The highest BCUT2D eigenvalue weighted by atomic mass is 79.9. The lowest BCUT2D eigenvalue weighted by atomic mass is 10.0. The molecule has 0 aliphatic carbocycles. The van der Waals surface area contributed by atoms with Gasteiger partial charge in [-0.3, -0.25) is 4.90 Å². The van der Waals surface area contributed by atoms with Crippen LogP contribution in [0.2, 0.25) is 0 Å². The first-order valence-electron chi connectivity index (χ1n) is 5.42. The quantitative estimate of drug-likeness (QED) is 0.778. The normalized spacial score (nSPS) is 13.8. The van der Waals surface area contributed by atoms with Gasteiger partial charge in [-0.15, -0.1) is 11.3 Å². The molecule has 0 aliphatic rings. The van der Waals surface area contributed by atoms with Gasteiger partial charge in [0.05, 0.1) is 0 Å². The molecule has 15 heavy (non-hydrogen) atoms. The van der Waals surface area contributed by atoms with E-state index in [1.54, 1.807) is 0 Å². The topological polar surface area (TPSA) is 3.24 Å². The lowest BCUT2D eigenvalue weighted by molar-refractivity contribution is 0.222. The third-order valence-electron chi connectivity index (χ3n) is 2.65. The van der Waals surface area contributed by atoms with Crippen LogP contribution in [-0.4, -0.2) is 18.0 Å². The largest absolute Gasteiger partial charge is 0.299 e. The number of rotatable bonds is 5. The van der Waals surface area contributed by atoms with Crippen LogP contribution in [-0.2, 0) is 6.54 Å². The fourth-order valence-electron chi connectivity index (χ4n) is 1.68. The highest BCUT2D eigenvalue weighted by Gasteiger charge is 2.13. The highest BCUT2D eigenvalue weighted by Crippen LogP contribution is 2.25. The predicted octanol–water partition coefficient (Wildman–Crippen LogP) is 4.38. The van der Waals surface area contributed by atoms with E-state index in [4.69, 9.17) is 0 Å². The van der Waals surface area contributed by atoms with Crippen molar-refractivity contribution in [2.24, 2.45) is 5.92 Å². The second kappa shape index (κ2) is 6.02. The van der Waals surface area contributed by atoms with E-state index < -0.39 is 0 Å². The fraction of sp³-hybridized carbons (Fsp3) is 0.667. The van der Waals surface area contributed by atoms with Crippen molar-refractivity contribution in [3.8, 4) is 0 Å². The maximum Gasteiger partial charge on any atom is 0.0339 e. The molecule has 1 aromatic heterocycles. The molecule has 0 saturated carbocycles. The summed E-state index contributed by atoms with van der Waals surface area (Å²) in [4.78, 5) is 3.85. The van der Waals surface area contributed by atoms with Crippen LogP contribution < -0.4 is 0 Å². The van der Waals surface area contributed by atoms with E-state index >= 15 is 0 Å². The van der Waals surface area contributed by atoms with Crippen LogP contribution in [0.15, 0.2) is 15.9 Å². The minimum Gasteiger partial charge on any atom is -0.299 e. The average Bonchev–Trinajstić information content (AvgIpc) is 2.50. The van der Waals surface area contributed by atoms with Crippen LogP contribution in [0.4, 0.5) is 0 Å². The highest BCUT2D eigenvalue weighted by molar-refractivity contribution is 9.10. The molecule has 86 valence electrons. The van der Waals surface area contributed by atoms with Crippen molar-refractivity contribution in [1.29, 1.82) is 0 Å².